The summed E-state index contributed by atoms with van der Waals surface area (Å²) < 4.78 is 53.0. The number of aliphatic hydroxyl groups is 2. The lowest BCUT2D eigenvalue weighted by atomic mass is 10.0. The third kappa shape index (κ3) is 7.33. The summed E-state index contributed by atoms with van der Waals surface area (Å²) in [6, 6.07) is 0. The first kappa shape index (κ1) is 28.7. The molecule has 202 valence electrons. The van der Waals surface area contributed by atoms with Gasteiger partial charge in [0.1, 0.15) is 31.1 Å². The van der Waals surface area contributed by atoms with Crippen LogP contribution in [0.5, 0.6) is 0 Å². The summed E-state index contributed by atoms with van der Waals surface area (Å²) in [5.74, 6) is 0. The van der Waals surface area contributed by atoms with Crippen molar-refractivity contribution in [2.45, 2.75) is 38.0 Å². The number of phosphoric ester groups is 1. The first-order chi connectivity index (χ1) is 16.5. The van der Waals surface area contributed by atoms with Crippen LogP contribution in [-0.4, -0.2) is 79.3 Å². The molecule has 1 fully saturated rings. The highest BCUT2D eigenvalue weighted by atomic mass is 31.3. The number of hydrogen-bond donors (Lipinski definition) is 7. The zero-order chi connectivity index (χ0) is 27.1. The van der Waals surface area contributed by atoms with Gasteiger partial charge >= 0.3 is 29.2 Å². The fraction of sp³-hybridized carbons (Fsp3) is 0.538. The number of phosphoric acid groups is 3. The molecule has 0 saturated carbocycles. The first-order valence-electron chi connectivity index (χ1n) is 9.47. The molecule has 0 amide bonds. The monoisotopic (exact) mass is 579 g/mol. The van der Waals surface area contributed by atoms with Crippen molar-refractivity contribution < 1.29 is 61.4 Å². The summed E-state index contributed by atoms with van der Waals surface area (Å²) in [5.41, 5.74) is -1.59. The van der Waals surface area contributed by atoms with E-state index in [0.717, 1.165) is 10.8 Å². The van der Waals surface area contributed by atoms with Crippen molar-refractivity contribution in [2.75, 3.05) is 6.61 Å². The highest BCUT2D eigenvalue weighted by molar-refractivity contribution is 7.66. The van der Waals surface area contributed by atoms with Crippen LogP contribution in [-0.2, 0) is 38.2 Å². The number of rotatable bonds is 10. The van der Waals surface area contributed by atoms with Gasteiger partial charge < -0.3 is 34.5 Å². The van der Waals surface area contributed by atoms with Crippen molar-refractivity contribution in [3.05, 3.63) is 44.5 Å². The predicted octanol–water partition coefficient (Wildman–Crippen LogP) is -2.55. The largest absolute Gasteiger partial charge is 0.490 e. The van der Waals surface area contributed by atoms with Gasteiger partial charge in [0.05, 0.1) is 24.1 Å². The van der Waals surface area contributed by atoms with Crippen LogP contribution in [0.1, 0.15) is 17.4 Å². The Bertz CT molecular complexity index is 1370. The van der Waals surface area contributed by atoms with Crippen LogP contribution in [0.15, 0.2) is 22.0 Å². The van der Waals surface area contributed by atoms with Gasteiger partial charge in [-0.25, -0.2) is 23.2 Å². The molecule has 0 spiro atoms. The van der Waals surface area contributed by atoms with E-state index >= 15 is 0 Å². The second-order valence-corrected chi connectivity index (χ2v) is 11.7. The number of aryl methyl sites for hydroxylation is 1. The molecule has 23 heteroatoms. The van der Waals surface area contributed by atoms with Crippen molar-refractivity contribution in [2.24, 2.45) is 0 Å². The molecular weight excluding hydrogens is 559 g/mol. The van der Waals surface area contributed by atoms with Gasteiger partial charge in [0.2, 0.25) is 0 Å². The Kier molecular flexibility index (Phi) is 8.34. The summed E-state index contributed by atoms with van der Waals surface area (Å²) in [6.07, 6.45) is -4.29. The fourth-order valence-electron chi connectivity index (χ4n) is 3.07. The Hall–Kier alpha value is -1.89. The predicted molar refractivity (Wildman–Crippen MR) is 111 cm³/mol. The topological polar surface area (TPSA) is 295 Å². The Balaban J connectivity index is 1.73. The van der Waals surface area contributed by atoms with Gasteiger partial charge in [-0.2, -0.15) is 8.62 Å². The molecule has 1 saturated heterocycles. The number of H-pyrrole nitrogens is 1. The van der Waals surface area contributed by atoms with Gasteiger partial charge in [0, 0.05) is 6.20 Å². The first-order valence-corrected chi connectivity index (χ1v) is 14.0. The van der Waals surface area contributed by atoms with Gasteiger partial charge in [0.15, 0.2) is 0 Å². The standard InChI is InChI=1S/C13H20N5O15P3/c1-6-2-18(16-15-6)5-17-3-7(12(21)14-13(17)22)11-10(20)9(19)8(31-11)4-30-35(26,27)33-36(28,29)32-34(23,24)25/h2-3,8-11,19-20H,4-5H2,1H3,(H,26,27)(H,28,29)(H,14,21,22)(H2,23,24,25)/t8-,9?,10+,11+/m1/s1. The molecule has 3 heterocycles. The molecule has 3 rings (SSSR count). The van der Waals surface area contributed by atoms with E-state index in [-0.39, 0.29) is 12.2 Å². The molecule has 6 atom stereocenters. The molecular formula is C13H20N5O15P3. The lowest BCUT2D eigenvalue weighted by Gasteiger charge is -2.19. The SMILES string of the molecule is Cc1cn(Cn2cc([C@@H]3O[C@H](COP(=O)(O)OP(=O)(O)OP(=O)(O)O)C(O)[C@@H]3O)c(=O)[nH]c2=O)nn1. The van der Waals surface area contributed by atoms with E-state index < -0.39 is 65.7 Å². The molecule has 20 nitrogen and oxygen atoms in total. The average molecular weight is 579 g/mol. The molecule has 0 aromatic carbocycles. The van der Waals surface area contributed by atoms with E-state index in [9.17, 15) is 38.4 Å². The van der Waals surface area contributed by atoms with E-state index in [2.05, 4.69) is 23.5 Å². The number of aliphatic hydroxyl groups excluding tert-OH is 2. The van der Waals surface area contributed by atoms with Crippen LogP contribution < -0.4 is 11.2 Å². The Labute approximate surface area is 199 Å². The summed E-state index contributed by atoms with van der Waals surface area (Å²) in [5, 5.41) is 28.1. The third-order valence-electron chi connectivity index (χ3n) is 4.48. The molecule has 3 unspecified atom stereocenters. The normalized spacial score (nSPS) is 26.0. The van der Waals surface area contributed by atoms with Crippen LogP contribution in [0.2, 0.25) is 0 Å². The minimum Gasteiger partial charge on any atom is -0.387 e. The molecule has 2 aromatic rings. The number of hydrogen-bond acceptors (Lipinski definition) is 13. The fourth-order valence-corrected chi connectivity index (χ4v) is 6.10. The molecule has 0 bridgehead atoms. The number of aromatic nitrogens is 5. The molecule has 0 radical (unpaired) electrons. The van der Waals surface area contributed by atoms with Crippen LogP contribution in [0, 0.1) is 6.92 Å². The second kappa shape index (κ2) is 10.5. The highest BCUT2D eigenvalue weighted by Crippen LogP contribution is 2.66. The quantitative estimate of drug-likeness (QED) is 0.142. The zero-order valence-corrected chi connectivity index (χ0v) is 20.5. The number of aromatic amines is 1. The van der Waals surface area contributed by atoms with Gasteiger partial charge in [-0.15, -0.1) is 5.10 Å². The Morgan fingerprint density at radius 3 is 2.31 bits per heavy atom. The number of ether oxygens (including phenoxy) is 1. The second-order valence-electron chi connectivity index (χ2n) is 7.32. The smallest absolute Gasteiger partial charge is 0.387 e. The minimum atomic E-state index is -5.77. The van der Waals surface area contributed by atoms with E-state index in [0.29, 0.717) is 5.69 Å². The summed E-state index contributed by atoms with van der Waals surface area (Å²) in [4.78, 5) is 62.2. The van der Waals surface area contributed by atoms with Gasteiger partial charge in [0.25, 0.3) is 5.56 Å². The summed E-state index contributed by atoms with van der Waals surface area (Å²) in [7, 11) is -16.9. The average Bonchev–Trinajstić information content (AvgIpc) is 3.23. The van der Waals surface area contributed by atoms with Crippen molar-refractivity contribution >= 4 is 23.5 Å². The van der Waals surface area contributed by atoms with Crippen molar-refractivity contribution in [3.63, 3.8) is 0 Å². The maximum Gasteiger partial charge on any atom is 0.490 e. The molecule has 2 aromatic heterocycles. The van der Waals surface area contributed by atoms with Gasteiger partial charge in [-0.1, -0.05) is 5.21 Å². The maximum atomic E-state index is 12.3. The van der Waals surface area contributed by atoms with Crippen molar-refractivity contribution in [3.8, 4) is 0 Å². The van der Waals surface area contributed by atoms with Crippen LogP contribution in [0.25, 0.3) is 0 Å². The van der Waals surface area contributed by atoms with Crippen LogP contribution >= 0.6 is 23.5 Å². The van der Waals surface area contributed by atoms with Crippen LogP contribution in [0.3, 0.4) is 0 Å². The zero-order valence-electron chi connectivity index (χ0n) is 17.9. The molecule has 1 aliphatic rings. The lowest BCUT2D eigenvalue weighted by Crippen LogP contribution is -2.37. The van der Waals surface area contributed by atoms with E-state index in [4.69, 9.17) is 19.4 Å². The molecule has 1 aliphatic heterocycles. The van der Waals surface area contributed by atoms with Crippen molar-refractivity contribution in [1.29, 1.82) is 0 Å². The highest BCUT2D eigenvalue weighted by Gasteiger charge is 2.47. The Morgan fingerprint density at radius 2 is 1.72 bits per heavy atom. The third-order valence-corrected chi connectivity index (χ3v) is 8.28. The van der Waals surface area contributed by atoms with Gasteiger partial charge in [-0.05, 0) is 6.92 Å². The van der Waals surface area contributed by atoms with E-state index in [1.807, 2.05) is 4.98 Å². The molecule has 0 aliphatic carbocycles. The number of nitrogens with zero attached hydrogens (tertiary/aromatic N) is 4. The van der Waals surface area contributed by atoms with Crippen LogP contribution in [0.4, 0.5) is 0 Å². The van der Waals surface area contributed by atoms with E-state index in [1.165, 1.54) is 10.9 Å². The van der Waals surface area contributed by atoms with Gasteiger partial charge in [-0.3, -0.25) is 18.9 Å². The molecule has 7 N–H and O–H groups in total. The summed E-state index contributed by atoms with van der Waals surface area (Å²) >= 11 is 0. The molecule has 36 heavy (non-hydrogen) atoms. The maximum absolute atomic E-state index is 12.3. The summed E-state index contributed by atoms with van der Waals surface area (Å²) in [6.45, 7) is 0.385. The van der Waals surface area contributed by atoms with Crippen molar-refractivity contribution in [1.82, 2.24) is 24.5 Å². The number of nitrogens with one attached hydrogen (secondary N) is 1. The minimum absolute atomic E-state index is 0.190. The van der Waals surface area contributed by atoms with E-state index in [1.54, 1.807) is 6.92 Å². The lowest BCUT2D eigenvalue weighted by molar-refractivity contribution is -0.0228. The Morgan fingerprint density at radius 1 is 1.06 bits per heavy atom.